The Morgan fingerprint density at radius 1 is 1.44 bits per heavy atom. The van der Waals surface area contributed by atoms with Crippen molar-refractivity contribution in [3.05, 3.63) is 35.0 Å². The molecule has 2 heterocycles. The van der Waals surface area contributed by atoms with Gasteiger partial charge in [0.15, 0.2) is 0 Å². The SMILES string of the molecule is Cn1c(C2CC2)nc(Br)c1-c1cccnc1. The quantitative estimate of drug-likeness (QED) is 0.845. The Hall–Kier alpha value is -1.16. The van der Waals surface area contributed by atoms with Gasteiger partial charge in [-0.25, -0.2) is 4.98 Å². The van der Waals surface area contributed by atoms with Crippen LogP contribution in [0, 0.1) is 0 Å². The van der Waals surface area contributed by atoms with Gasteiger partial charge in [0.05, 0.1) is 5.69 Å². The van der Waals surface area contributed by atoms with Crippen molar-refractivity contribution in [2.45, 2.75) is 18.8 Å². The van der Waals surface area contributed by atoms with Gasteiger partial charge in [0.2, 0.25) is 0 Å². The highest BCUT2D eigenvalue weighted by molar-refractivity contribution is 9.10. The third-order valence-corrected chi connectivity index (χ3v) is 3.52. The molecule has 0 N–H and O–H groups in total. The lowest BCUT2D eigenvalue weighted by molar-refractivity contribution is 0.804. The largest absolute Gasteiger partial charge is 0.330 e. The molecule has 16 heavy (non-hydrogen) atoms. The normalized spacial score (nSPS) is 15.4. The van der Waals surface area contributed by atoms with E-state index in [2.05, 4.69) is 43.6 Å². The van der Waals surface area contributed by atoms with Gasteiger partial charge in [-0.2, -0.15) is 0 Å². The van der Waals surface area contributed by atoms with Crippen molar-refractivity contribution in [3.63, 3.8) is 0 Å². The molecular weight excluding hydrogens is 266 g/mol. The maximum Gasteiger partial charge on any atom is 0.132 e. The first-order chi connectivity index (χ1) is 7.77. The zero-order valence-electron chi connectivity index (χ0n) is 9.02. The molecule has 0 radical (unpaired) electrons. The molecule has 0 unspecified atom stereocenters. The van der Waals surface area contributed by atoms with Crippen LogP contribution < -0.4 is 0 Å². The highest BCUT2D eigenvalue weighted by Gasteiger charge is 2.29. The summed E-state index contributed by atoms with van der Waals surface area (Å²) in [5, 5.41) is 0. The molecule has 3 nitrogen and oxygen atoms in total. The van der Waals surface area contributed by atoms with Crippen LogP contribution in [0.1, 0.15) is 24.6 Å². The first-order valence-electron chi connectivity index (χ1n) is 5.40. The minimum atomic E-state index is 0.659. The fraction of sp³-hybridized carbons (Fsp3) is 0.333. The predicted molar refractivity (Wildman–Crippen MR) is 66.1 cm³/mol. The second-order valence-corrected chi connectivity index (χ2v) is 4.94. The number of nitrogens with zero attached hydrogens (tertiary/aromatic N) is 3. The summed E-state index contributed by atoms with van der Waals surface area (Å²) in [5.41, 5.74) is 2.23. The zero-order valence-corrected chi connectivity index (χ0v) is 10.6. The monoisotopic (exact) mass is 277 g/mol. The van der Waals surface area contributed by atoms with Gasteiger partial charge in [-0.3, -0.25) is 4.98 Å². The van der Waals surface area contributed by atoms with Gasteiger partial charge < -0.3 is 4.57 Å². The number of halogens is 1. The summed E-state index contributed by atoms with van der Waals surface area (Å²) in [6, 6.07) is 4.01. The maximum atomic E-state index is 4.60. The number of aromatic nitrogens is 3. The van der Waals surface area contributed by atoms with Crippen molar-refractivity contribution >= 4 is 15.9 Å². The van der Waals surface area contributed by atoms with E-state index in [4.69, 9.17) is 0 Å². The van der Waals surface area contributed by atoms with Crippen LogP contribution in [0.4, 0.5) is 0 Å². The highest BCUT2D eigenvalue weighted by atomic mass is 79.9. The fourth-order valence-electron chi connectivity index (χ4n) is 2.00. The third kappa shape index (κ3) is 1.57. The molecule has 3 rings (SSSR count). The summed E-state index contributed by atoms with van der Waals surface area (Å²) in [5.74, 6) is 1.84. The molecule has 0 aliphatic heterocycles. The number of imidazole rings is 1. The van der Waals surface area contributed by atoms with Crippen LogP contribution in [0.15, 0.2) is 29.1 Å². The average Bonchev–Trinajstić information content (AvgIpc) is 3.07. The van der Waals surface area contributed by atoms with Gasteiger partial charge in [-0.05, 0) is 40.9 Å². The van der Waals surface area contributed by atoms with Crippen LogP contribution in [0.25, 0.3) is 11.3 Å². The minimum absolute atomic E-state index is 0.659. The van der Waals surface area contributed by atoms with Crippen molar-refractivity contribution in [1.29, 1.82) is 0 Å². The van der Waals surface area contributed by atoms with Crippen LogP contribution in [-0.2, 0) is 7.05 Å². The first-order valence-corrected chi connectivity index (χ1v) is 6.19. The lowest BCUT2D eigenvalue weighted by Crippen LogP contribution is -1.97. The smallest absolute Gasteiger partial charge is 0.132 e. The van der Waals surface area contributed by atoms with Crippen LogP contribution in [-0.4, -0.2) is 14.5 Å². The molecule has 1 aliphatic rings. The van der Waals surface area contributed by atoms with Gasteiger partial charge in [-0.1, -0.05) is 0 Å². The average molecular weight is 278 g/mol. The van der Waals surface area contributed by atoms with E-state index in [1.165, 1.54) is 18.7 Å². The zero-order chi connectivity index (χ0) is 11.1. The molecule has 4 heteroatoms. The molecule has 2 aromatic heterocycles. The summed E-state index contributed by atoms with van der Waals surface area (Å²) in [6.45, 7) is 0. The van der Waals surface area contributed by atoms with Gasteiger partial charge >= 0.3 is 0 Å². The standard InChI is InChI=1S/C12H12BrN3/c1-16-10(9-3-2-6-14-7-9)11(13)15-12(16)8-4-5-8/h2-3,6-8H,4-5H2,1H3. The van der Waals surface area contributed by atoms with E-state index < -0.39 is 0 Å². The molecule has 0 amide bonds. The van der Waals surface area contributed by atoms with Crippen LogP contribution in [0.2, 0.25) is 0 Å². The molecule has 0 bridgehead atoms. The lowest BCUT2D eigenvalue weighted by Gasteiger charge is -2.04. The molecule has 1 fully saturated rings. The molecule has 82 valence electrons. The van der Waals surface area contributed by atoms with Crippen molar-refractivity contribution < 1.29 is 0 Å². The van der Waals surface area contributed by atoms with Crippen molar-refractivity contribution in [2.24, 2.45) is 7.05 Å². The van der Waals surface area contributed by atoms with Gasteiger partial charge in [0.25, 0.3) is 0 Å². The van der Waals surface area contributed by atoms with E-state index in [9.17, 15) is 0 Å². The third-order valence-electron chi connectivity index (χ3n) is 2.96. The highest BCUT2D eigenvalue weighted by Crippen LogP contribution is 2.42. The van der Waals surface area contributed by atoms with E-state index in [0.717, 1.165) is 15.9 Å². The number of rotatable bonds is 2. The Labute approximate surface area is 103 Å². The Morgan fingerprint density at radius 2 is 2.25 bits per heavy atom. The van der Waals surface area contributed by atoms with E-state index in [1.807, 2.05) is 12.3 Å². The molecule has 1 aliphatic carbocycles. The Morgan fingerprint density at radius 3 is 2.88 bits per heavy atom. The first kappa shape index (κ1) is 10.0. The van der Waals surface area contributed by atoms with Gasteiger partial charge in [-0.15, -0.1) is 0 Å². The van der Waals surface area contributed by atoms with E-state index in [-0.39, 0.29) is 0 Å². The van der Waals surface area contributed by atoms with E-state index in [1.54, 1.807) is 6.20 Å². The molecule has 0 atom stereocenters. The van der Waals surface area contributed by atoms with Crippen LogP contribution in [0.5, 0.6) is 0 Å². The second-order valence-electron chi connectivity index (χ2n) is 4.18. The summed E-state index contributed by atoms with van der Waals surface area (Å²) in [4.78, 5) is 8.75. The molecule has 0 saturated heterocycles. The predicted octanol–water partition coefficient (Wildman–Crippen LogP) is 3.12. The van der Waals surface area contributed by atoms with E-state index >= 15 is 0 Å². The number of pyridine rings is 1. The van der Waals surface area contributed by atoms with Crippen LogP contribution >= 0.6 is 15.9 Å². The Bertz CT molecular complexity index is 515. The Balaban J connectivity index is 2.13. The molecule has 0 spiro atoms. The van der Waals surface area contributed by atoms with E-state index in [0.29, 0.717) is 5.92 Å². The lowest BCUT2D eigenvalue weighted by atomic mass is 10.2. The molecule has 2 aromatic rings. The second kappa shape index (κ2) is 3.70. The van der Waals surface area contributed by atoms with Gasteiger partial charge in [0, 0.05) is 30.9 Å². The number of hydrogen-bond acceptors (Lipinski definition) is 2. The summed E-state index contributed by atoms with van der Waals surface area (Å²) >= 11 is 3.54. The molecular formula is C12H12BrN3. The summed E-state index contributed by atoms with van der Waals surface area (Å²) in [7, 11) is 2.08. The summed E-state index contributed by atoms with van der Waals surface area (Å²) in [6.07, 6.45) is 6.20. The molecule has 1 saturated carbocycles. The van der Waals surface area contributed by atoms with Crippen molar-refractivity contribution in [1.82, 2.24) is 14.5 Å². The topological polar surface area (TPSA) is 30.7 Å². The van der Waals surface area contributed by atoms with Crippen LogP contribution in [0.3, 0.4) is 0 Å². The van der Waals surface area contributed by atoms with Crippen molar-refractivity contribution in [2.75, 3.05) is 0 Å². The van der Waals surface area contributed by atoms with Crippen molar-refractivity contribution in [3.8, 4) is 11.3 Å². The van der Waals surface area contributed by atoms with Gasteiger partial charge in [0.1, 0.15) is 10.4 Å². The number of hydrogen-bond donors (Lipinski definition) is 0. The minimum Gasteiger partial charge on any atom is -0.330 e. The maximum absolute atomic E-state index is 4.60. The Kier molecular flexibility index (Phi) is 2.32. The summed E-state index contributed by atoms with van der Waals surface area (Å²) < 4.78 is 3.10. The molecule has 0 aromatic carbocycles. The fourth-order valence-corrected chi connectivity index (χ4v) is 2.68.